The molecule has 2 N–H and O–H groups in total. The second kappa shape index (κ2) is 7.95. The van der Waals surface area contributed by atoms with Gasteiger partial charge in [-0.05, 0) is 18.2 Å². The van der Waals surface area contributed by atoms with Crippen LogP contribution in [0.15, 0.2) is 36.4 Å². The predicted octanol–water partition coefficient (Wildman–Crippen LogP) is 2.40. The Morgan fingerprint density at radius 3 is 2.04 bits per heavy atom. The molecular weight excluding hydrogens is 360 g/mol. The van der Waals surface area contributed by atoms with Crippen molar-refractivity contribution >= 4 is 29.2 Å². The molecule has 0 saturated carbocycles. The molecule has 0 atom stereocenters. The lowest BCUT2D eigenvalue weighted by atomic mass is 10.1. The minimum absolute atomic E-state index is 0.0466. The summed E-state index contributed by atoms with van der Waals surface area (Å²) in [5.41, 5.74) is -0.602. The molecule has 2 rings (SSSR count). The summed E-state index contributed by atoms with van der Waals surface area (Å²) in [6, 6.07) is 6.77. The molecule has 0 aliphatic heterocycles. The molecule has 2 aromatic rings. The van der Waals surface area contributed by atoms with Gasteiger partial charge in [-0.15, -0.1) is 0 Å². The molecule has 10 nitrogen and oxygen atoms in total. The lowest BCUT2D eigenvalue weighted by molar-refractivity contribution is -0.384. The standard InChI is InChI=1S/C17H14N2O8/c1-9(20)26-13-5-11(6-14(8-13)27-10(2)21)17(23)18-15-7-12(19(24)25)3-4-16(15)22/h3-8,22H,1-2H3,(H,18,23). The Balaban J connectivity index is 2.37. The van der Waals surface area contributed by atoms with Crippen LogP contribution >= 0.6 is 0 Å². The highest BCUT2D eigenvalue weighted by Crippen LogP contribution is 2.29. The van der Waals surface area contributed by atoms with Crippen molar-refractivity contribution in [2.75, 3.05) is 5.32 Å². The average molecular weight is 374 g/mol. The minimum atomic E-state index is -0.784. The van der Waals surface area contributed by atoms with E-state index in [9.17, 15) is 29.6 Å². The van der Waals surface area contributed by atoms with Crippen LogP contribution in [0, 0.1) is 10.1 Å². The number of hydrogen-bond acceptors (Lipinski definition) is 8. The Morgan fingerprint density at radius 2 is 1.56 bits per heavy atom. The number of ether oxygens (including phenoxy) is 2. The first-order valence-corrected chi connectivity index (χ1v) is 7.46. The van der Waals surface area contributed by atoms with Gasteiger partial charge in [-0.25, -0.2) is 0 Å². The van der Waals surface area contributed by atoms with E-state index >= 15 is 0 Å². The number of nitro benzene ring substituents is 1. The highest BCUT2D eigenvalue weighted by Gasteiger charge is 2.16. The third-order valence-electron chi connectivity index (χ3n) is 3.10. The van der Waals surface area contributed by atoms with Crippen LogP contribution in [0.5, 0.6) is 17.2 Å². The monoisotopic (exact) mass is 374 g/mol. The van der Waals surface area contributed by atoms with Crippen molar-refractivity contribution in [2.45, 2.75) is 13.8 Å². The van der Waals surface area contributed by atoms with Crippen LogP contribution in [0.1, 0.15) is 24.2 Å². The number of non-ortho nitro benzene ring substituents is 1. The molecule has 140 valence electrons. The number of esters is 2. The van der Waals surface area contributed by atoms with E-state index in [0.29, 0.717) is 0 Å². The van der Waals surface area contributed by atoms with Crippen molar-refractivity contribution in [3.05, 3.63) is 52.1 Å². The third-order valence-corrected chi connectivity index (χ3v) is 3.10. The van der Waals surface area contributed by atoms with E-state index in [-0.39, 0.29) is 34.2 Å². The average Bonchev–Trinajstić information content (AvgIpc) is 2.55. The molecule has 1 amide bonds. The fourth-order valence-electron chi connectivity index (χ4n) is 2.08. The summed E-state index contributed by atoms with van der Waals surface area (Å²) in [4.78, 5) is 44.9. The fraction of sp³-hybridized carbons (Fsp3) is 0.118. The van der Waals surface area contributed by atoms with Crippen LogP contribution < -0.4 is 14.8 Å². The van der Waals surface area contributed by atoms with Gasteiger partial charge in [-0.2, -0.15) is 0 Å². The predicted molar refractivity (Wildman–Crippen MR) is 91.8 cm³/mol. The van der Waals surface area contributed by atoms with Crippen molar-refractivity contribution in [3.63, 3.8) is 0 Å². The van der Waals surface area contributed by atoms with E-state index in [4.69, 9.17) is 9.47 Å². The summed E-state index contributed by atoms with van der Waals surface area (Å²) in [6.07, 6.45) is 0. The number of phenolic OH excluding ortho intramolecular Hbond substituents is 1. The van der Waals surface area contributed by atoms with Gasteiger partial charge in [0.1, 0.15) is 17.2 Å². The van der Waals surface area contributed by atoms with Crippen LogP contribution in [0.25, 0.3) is 0 Å². The Hall–Kier alpha value is -3.95. The number of benzene rings is 2. The molecule has 0 bridgehead atoms. The Morgan fingerprint density at radius 1 is 1.00 bits per heavy atom. The molecular formula is C17H14N2O8. The zero-order valence-corrected chi connectivity index (χ0v) is 14.2. The van der Waals surface area contributed by atoms with Crippen molar-refractivity contribution in [2.24, 2.45) is 0 Å². The highest BCUT2D eigenvalue weighted by atomic mass is 16.6. The van der Waals surface area contributed by atoms with Gasteiger partial charge in [-0.3, -0.25) is 24.5 Å². The number of nitrogens with one attached hydrogen (secondary N) is 1. The number of rotatable bonds is 5. The summed E-state index contributed by atoms with van der Waals surface area (Å²) in [5, 5.41) is 22.9. The van der Waals surface area contributed by atoms with Crippen LogP contribution in [0.2, 0.25) is 0 Å². The normalized spacial score (nSPS) is 10.0. The number of hydrogen-bond donors (Lipinski definition) is 2. The maximum absolute atomic E-state index is 12.5. The van der Waals surface area contributed by atoms with Crippen molar-refractivity contribution in [1.82, 2.24) is 0 Å². The number of aromatic hydroxyl groups is 1. The lowest BCUT2D eigenvalue weighted by Crippen LogP contribution is -2.13. The molecule has 0 aromatic heterocycles. The van der Waals surface area contributed by atoms with Gasteiger partial charge in [0.25, 0.3) is 11.6 Å². The van der Waals surface area contributed by atoms with Crippen molar-refractivity contribution in [1.29, 1.82) is 0 Å². The van der Waals surface area contributed by atoms with E-state index in [0.717, 1.165) is 32.0 Å². The first kappa shape index (κ1) is 19.4. The Kier molecular flexibility index (Phi) is 5.71. The molecule has 0 radical (unpaired) electrons. The maximum atomic E-state index is 12.5. The Bertz CT molecular complexity index is 904. The molecule has 0 unspecified atom stereocenters. The zero-order chi connectivity index (χ0) is 20.1. The summed E-state index contributed by atoms with van der Waals surface area (Å²) >= 11 is 0. The van der Waals surface area contributed by atoms with Gasteiger partial charge < -0.3 is 19.9 Å². The number of carbonyl (C=O) groups is 3. The second-order valence-electron chi connectivity index (χ2n) is 5.29. The number of nitrogens with zero attached hydrogens (tertiary/aromatic N) is 1. The van der Waals surface area contributed by atoms with E-state index < -0.39 is 22.8 Å². The first-order valence-electron chi connectivity index (χ1n) is 7.46. The maximum Gasteiger partial charge on any atom is 0.308 e. The molecule has 0 aliphatic rings. The Labute approximate surface area is 152 Å². The van der Waals surface area contributed by atoms with Crippen LogP contribution in [0.3, 0.4) is 0 Å². The molecule has 0 fully saturated rings. The molecule has 10 heteroatoms. The topological polar surface area (TPSA) is 145 Å². The van der Waals surface area contributed by atoms with Crippen LogP contribution in [0.4, 0.5) is 11.4 Å². The third kappa shape index (κ3) is 5.26. The summed E-state index contributed by atoms with van der Waals surface area (Å²) < 4.78 is 9.81. The van der Waals surface area contributed by atoms with Crippen molar-refractivity contribution < 1.29 is 33.9 Å². The molecule has 0 saturated heterocycles. The van der Waals surface area contributed by atoms with Gasteiger partial charge in [0.2, 0.25) is 0 Å². The molecule has 27 heavy (non-hydrogen) atoms. The minimum Gasteiger partial charge on any atom is -0.506 e. The molecule has 2 aromatic carbocycles. The first-order chi connectivity index (χ1) is 12.7. The fourth-order valence-corrected chi connectivity index (χ4v) is 2.08. The second-order valence-corrected chi connectivity index (χ2v) is 5.29. The molecule has 0 aliphatic carbocycles. The molecule has 0 spiro atoms. The number of anilines is 1. The number of phenols is 1. The van der Waals surface area contributed by atoms with Gasteiger partial charge in [0.05, 0.1) is 10.6 Å². The van der Waals surface area contributed by atoms with E-state index in [1.54, 1.807) is 0 Å². The van der Waals surface area contributed by atoms with E-state index in [1.165, 1.54) is 18.2 Å². The van der Waals surface area contributed by atoms with E-state index in [1.807, 2.05) is 0 Å². The summed E-state index contributed by atoms with van der Waals surface area (Å²) in [7, 11) is 0. The van der Waals surface area contributed by atoms with E-state index in [2.05, 4.69) is 5.32 Å². The van der Waals surface area contributed by atoms with Crippen LogP contribution in [-0.2, 0) is 9.59 Å². The van der Waals surface area contributed by atoms with Crippen molar-refractivity contribution in [3.8, 4) is 17.2 Å². The van der Waals surface area contributed by atoms with Gasteiger partial charge in [-0.1, -0.05) is 0 Å². The number of amides is 1. The SMILES string of the molecule is CC(=O)Oc1cc(OC(C)=O)cc(C(=O)Nc2cc([N+](=O)[O-])ccc2O)c1. The number of carbonyl (C=O) groups excluding carboxylic acids is 3. The van der Waals surface area contributed by atoms with Gasteiger partial charge in [0, 0.05) is 37.6 Å². The van der Waals surface area contributed by atoms with Crippen LogP contribution in [-0.4, -0.2) is 27.9 Å². The van der Waals surface area contributed by atoms with Gasteiger partial charge in [0.15, 0.2) is 0 Å². The summed E-state index contributed by atoms with van der Waals surface area (Å²) in [6.45, 7) is 2.30. The van der Waals surface area contributed by atoms with Gasteiger partial charge >= 0.3 is 11.9 Å². The lowest BCUT2D eigenvalue weighted by Gasteiger charge is -2.10. The molecule has 0 heterocycles. The summed E-state index contributed by atoms with van der Waals surface area (Å²) in [5.74, 6) is -2.57. The number of nitro groups is 1. The smallest absolute Gasteiger partial charge is 0.308 e. The quantitative estimate of drug-likeness (QED) is 0.267. The highest BCUT2D eigenvalue weighted by molar-refractivity contribution is 6.05. The largest absolute Gasteiger partial charge is 0.506 e. The zero-order valence-electron chi connectivity index (χ0n) is 14.2.